The maximum atomic E-state index is 12.9. The first-order chi connectivity index (χ1) is 14.7. The van der Waals surface area contributed by atoms with Crippen LogP contribution in [-0.2, 0) is 19.1 Å². The molecular formula is C25H27ClO5. The zero-order valence-corrected chi connectivity index (χ0v) is 18.8. The van der Waals surface area contributed by atoms with E-state index in [0.717, 1.165) is 18.4 Å². The van der Waals surface area contributed by atoms with Crippen LogP contribution in [0.5, 0.6) is 0 Å². The summed E-state index contributed by atoms with van der Waals surface area (Å²) < 4.78 is 11.1. The summed E-state index contributed by atoms with van der Waals surface area (Å²) in [7, 11) is 0. The Kier molecular flexibility index (Phi) is 7.16. The number of ketones is 1. The minimum Gasteiger partial charge on any atom is -0.457 e. The summed E-state index contributed by atoms with van der Waals surface area (Å²) in [6, 6.07) is 6.40. The number of allylic oxidation sites excluding steroid dienone is 4. The number of esters is 2. The predicted molar refractivity (Wildman–Crippen MR) is 119 cm³/mol. The molecule has 164 valence electrons. The molecule has 1 heterocycles. The molecule has 5 nitrogen and oxygen atoms in total. The minimum atomic E-state index is -1.05. The second-order valence-corrected chi connectivity index (χ2v) is 8.89. The summed E-state index contributed by atoms with van der Waals surface area (Å²) in [4.78, 5) is 37.6. The van der Waals surface area contributed by atoms with Gasteiger partial charge in [0.05, 0.1) is 17.4 Å². The highest BCUT2D eigenvalue weighted by Crippen LogP contribution is 2.45. The van der Waals surface area contributed by atoms with Crippen LogP contribution in [0.15, 0.2) is 59.7 Å². The number of halogens is 1. The van der Waals surface area contributed by atoms with E-state index in [0.29, 0.717) is 10.6 Å². The lowest BCUT2D eigenvalue weighted by molar-refractivity contribution is -0.140. The van der Waals surface area contributed by atoms with Crippen molar-refractivity contribution in [2.45, 2.75) is 58.7 Å². The van der Waals surface area contributed by atoms with Crippen LogP contribution < -0.4 is 0 Å². The largest absolute Gasteiger partial charge is 0.457 e. The van der Waals surface area contributed by atoms with Crippen LogP contribution in [0.2, 0.25) is 5.02 Å². The molecule has 0 N–H and O–H groups in total. The normalized spacial score (nSPS) is 25.5. The average molecular weight is 443 g/mol. The van der Waals surface area contributed by atoms with Crippen molar-refractivity contribution in [3.63, 3.8) is 0 Å². The van der Waals surface area contributed by atoms with Crippen LogP contribution in [0.3, 0.4) is 0 Å². The SMILES string of the molecule is CC(C)=CCC/C(C)=C/[C@H]1OC(=O)C[C@]12C[C@H](OC(=O)c1ccc(Cl)cc1)C=CC2=O. The van der Waals surface area contributed by atoms with Gasteiger partial charge in [-0.1, -0.05) is 28.8 Å². The first-order valence-corrected chi connectivity index (χ1v) is 10.8. The molecule has 1 fully saturated rings. The Hall–Kier alpha value is -2.66. The van der Waals surface area contributed by atoms with E-state index < -0.39 is 29.6 Å². The van der Waals surface area contributed by atoms with Gasteiger partial charge in [0.15, 0.2) is 5.78 Å². The van der Waals surface area contributed by atoms with Gasteiger partial charge in [-0.3, -0.25) is 9.59 Å². The molecule has 1 spiro atoms. The fourth-order valence-corrected chi connectivity index (χ4v) is 4.08. The van der Waals surface area contributed by atoms with Crippen molar-refractivity contribution in [1.82, 2.24) is 0 Å². The second kappa shape index (κ2) is 9.65. The van der Waals surface area contributed by atoms with Gasteiger partial charge in [0.25, 0.3) is 0 Å². The van der Waals surface area contributed by atoms with Gasteiger partial charge >= 0.3 is 11.9 Å². The molecule has 1 aliphatic carbocycles. The summed E-state index contributed by atoms with van der Waals surface area (Å²) in [5.74, 6) is -1.09. The van der Waals surface area contributed by atoms with Gasteiger partial charge in [-0.25, -0.2) is 4.79 Å². The number of rotatable bonds is 6. The first kappa shape index (κ1) is 23.0. The van der Waals surface area contributed by atoms with Crippen molar-refractivity contribution in [2.75, 3.05) is 0 Å². The Morgan fingerprint density at radius 3 is 2.61 bits per heavy atom. The summed E-state index contributed by atoms with van der Waals surface area (Å²) in [6.45, 7) is 6.07. The van der Waals surface area contributed by atoms with Gasteiger partial charge in [-0.05, 0) is 76.1 Å². The molecular weight excluding hydrogens is 416 g/mol. The molecule has 1 aromatic rings. The van der Waals surface area contributed by atoms with Gasteiger partial charge in [0.2, 0.25) is 0 Å². The highest BCUT2D eigenvalue weighted by molar-refractivity contribution is 6.30. The maximum Gasteiger partial charge on any atom is 0.338 e. The number of ether oxygens (including phenoxy) is 2. The molecule has 0 saturated carbocycles. The van der Waals surface area contributed by atoms with Gasteiger partial charge in [0.1, 0.15) is 12.2 Å². The number of benzene rings is 1. The highest BCUT2D eigenvalue weighted by Gasteiger charge is 2.55. The lowest BCUT2D eigenvalue weighted by atomic mass is 9.69. The molecule has 3 rings (SSSR count). The van der Waals surface area contributed by atoms with Gasteiger partial charge < -0.3 is 9.47 Å². The van der Waals surface area contributed by atoms with Crippen LogP contribution in [0.4, 0.5) is 0 Å². The summed E-state index contributed by atoms with van der Waals surface area (Å²) >= 11 is 5.87. The molecule has 1 saturated heterocycles. The lowest BCUT2D eigenvalue weighted by Gasteiger charge is -2.34. The van der Waals surface area contributed by atoms with Crippen molar-refractivity contribution >= 4 is 29.3 Å². The molecule has 0 aromatic heterocycles. The van der Waals surface area contributed by atoms with Crippen molar-refractivity contribution in [2.24, 2.45) is 5.41 Å². The van der Waals surface area contributed by atoms with Crippen molar-refractivity contribution < 1.29 is 23.9 Å². The third-order valence-corrected chi connectivity index (χ3v) is 5.90. The van der Waals surface area contributed by atoms with Crippen molar-refractivity contribution in [3.05, 3.63) is 70.3 Å². The minimum absolute atomic E-state index is 0.0203. The molecule has 0 bridgehead atoms. The smallest absolute Gasteiger partial charge is 0.338 e. The van der Waals surface area contributed by atoms with Gasteiger partial charge in [-0.2, -0.15) is 0 Å². The van der Waals surface area contributed by atoms with E-state index in [9.17, 15) is 14.4 Å². The third kappa shape index (κ3) is 5.53. The van der Waals surface area contributed by atoms with E-state index in [1.54, 1.807) is 30.3 Å². The van der Waals surface area contributed by atoms with Gasteiger partial charge in [-0.15, -0.1) is 0 Å². The first-order valence-electron chi connectivity index (χ1n) is 10.4. The Bertz CT molecular complexity index is 953. The summed E-state index contributed by atoms with van der Waals surface area (Å²) in [5, 5.41) is 0.523. The molecule has 0 unspecified atom stereocenters. The van der Waals surface area contributed by atoms with Crippen LogP contribution in [0, 0.1) is 5.41 Å². The maximum absolute atomic E-state index is 12.9. The number of cyclic esters (lactones) is 1. The standard InChI is InChI=1S/C25H27ClO5/c1-16(2)5-4-6-17(3)13-22-25(15-23(28)31-22)14-20(11-12-21(25)27)30-24(29)18-7-9-19(26)10-8-18/h5,7-13,20,22H,4,6,14-15H2,1-3H3/b17-13+/t20-,22-,25+/m1/s1. The summed E-state index contributed by atoms with van der Waals surface area (Å²) in [5.41, 5.74) is 1.62. The molecule has 2 aliphatic rings. The van der Waals surface area contributed by atoms with Crippen molar-refractivity contribution in [1.29, 1.82) is 0 Å². The zero-order valence-electron chi connectivity index (χ0n) is 18.0. The van der Waals surface area contributed by atoms with E-state index in [1.807, 2.05) is 26.8 Å². The topological polar surface area (TPSA) is 69.7 Å². The lowest BCUT2D eigenvalue weighted by Crippen LogP contribution is -2.43. The number of hydrogen-bond donors (Lipinski definition) is 0. The number of carbonyl (C=O) groups excluding carboxylic acids is 3. The van der Waals surface area contributed by atoms with E-state index >= 15 is 0 Å². The molecule has 6 heteroatoms. The third-order valence-electron chi connectivity index (χ3n) is 5.65. The average Bonchev–Trinajstić information content (AvgIpc) is 3.00. The fraction of sp³-hybridized carbons (Fsp3) is 0.400. The summed E-state index contributed by atoms with van der Waals surface area (Å²) in [6.07, 6.45) is 7.59. The molecule has 1 aromatic carbocycles. The van der Waals surface area contributed by atoms with Crippen LogP contribution >= 0.6 is 11.6 Å². The number of carbonyl (C=O) groups is 3. The quantitative estimate of drug-likeness (QED) is 0.436. The van der Waals surface area contributed by atoms with E-state index in [1.165, 1.54) is 11.6 Å². The molecule has 3 atom stereocenters. The molecule has 0 amide bonds. The molecule has 0 radical (unpaired) electrons. The van der Waals surface area contributed by atoms with Crippen LogP contribution in [0.25, 0.3) is 0 Å². The second-order valence-electron chi connectivity index (χ2n) is 8.45. The predicted octanol–water partition coefficient (Wildman–Crippen LogP) is 5.39. The van der Waals surface area contributed by atoms with Crippen molar-refractivity contribution in [3.8, 4) is 0 Å². The number of hydrogen-bond acceptors (Lipinski definition) is 5. The Labute approximate surface area is 187 Å². The van der Waals surface area contributed by atoms with Crippen LogP contribution in [-0.4, -0.2) is 29.9 Å². The Morgan fingerprint density at radius 2 is 1.94 bits per heavy atom. The Balaban J connectivity index is 1.76. The molecule has 31 heavy (non-hydrogen) atoms. The molecule has 1 aliphatic heterocycles. The van der Waals surface area contributed by atoms with E-state index in [2.05, 4.69) is 6.08 Å². The van der Waals surface area contributed by atoms with Crippen LogP contribution in [0.1, 0.15) is 56.8 Å². The van der Waals surface area contributed by atoms with E-state index in [-0.39, 0.29) is 18.6 Å². The Morgan fingerprint density at radius 1 is 1.23 bits per heavy atom. The zero-order chi connectivity index (χ0) is 22.6. The fourth-order valence-electron chi connectivity index (χ4n) is 3.95. The van der Waals surface area contributed by atoms with Gasteiger partial charge in [0, 0.05) is 11.4 Å². The monoisotopic (exact) mass is 442 g/mol. The highest BCUT2D eigenvalue weighted by atomic mass is 35.5. The van der Waals surface area contributed by atoms with E-state index in [4.69, 9.17) is 21.1 Å².